The lowest BCUT2D eigenvalue weighted by Crippen LogP contribution is -2.15. The Kier molecular flexibility index (Phi) is 29.8. The van der Waals surface area contributed by atoms with Crippen molar-refractivity contribution in [3.8, 4) is 11.5 Å². The summed E-state index contributed by atoms with van der Waals surface area (Å²) in [5.41, 5.74) is 2.08. The van der Waals surface area contributed by atoms with E-state index in [1.165, 1.54) is 180 Å². The topological polar surface area (TPSA) is 66.8 Å². The second kappa shape index (κ2) is 33.8. The molecule has 4 nitrogen and oxygen atoms in total. The number of hydrogen-bond acceptors (Lipinski definition) is 4. The minimum absolute atomic E-state index is 0.0132. The van der Waals surface area contributed by atoms with Crippen molar-refractivity contribution in [2.24, 2.45) is 5.92 Å². The van der Waals surface area contributed by atoms with Gasteiger partial charge in [-0.1, -0.05) is 218 Å². The van der Waals surface area contributed by atoms with Crippen molar-refractivity contribution in [2.45, 2.75) is 225 Å². The molecule has 0 aliphatic heterocycles. The summed E-state index contributed by atoms with van der Waals surface area (Å²) in [5.74, 6) is 0.774. The van der Waals surface area contributed by atoms with Crippen LogP contribution in [0.5, 0.6) is 11.5 Å². The van der Waals surface area contributed by atoms with Crippen molar-refractivity contribution in [3.63, 3.8) is 0 Å². The fraction of sp³-hybridized carbons (Fsp3) is 0.740. The van der Waals surface area contributed by atoms with E-state index in [-0.39, 0.29) is 23.4 Å². The molecule has 0 saturated heterocycles. The first kappa shape index (κ1) is 47.7. The Morgan fingerprint density at radius 2 is 0.741 bits per heavy atom. The zero-order valence-electron chi connectivity index (χ0n) is 35.3. The summed E-state index contributed by atoms with van der Waals surface area (Å²) in [6.45, 7) is 5.12. The van der Waals surface area contributed by atoms with E-state index >= 15 is 0 Å². The highest BCUT2D eigenvalue weighted by Gasteiger charge is 2.18. The molecule has 0 aliphatic rings. The molecule has 2 rings (SSSR count). The Bertz CT molecular complexity index is 1060. The van der Waals surface area contributed by atoms with Gasteiger partial charge in [-0.2, -0.15) is 0 Å². The van der Waals surface area contributed by atoms with Crippen LogP contribution in [0.4, 0.5) is 0 Å². The van der Waals surface area contributed by atoms with E-state index in [1.54, 1.807) is 24.3 Å². The molecule has 0 saturated carbocycles. The highest BCUT2D eigenvalue weighted by molar-refractivity contribution is 5.69. The third-order valence-corrected chi connectivity index (χ3v) is 11.6. The van der Waals surface area contributed by atoms with E-state index in [1.807, 2.05) is 24.3 Å². The smallest absolute Gasteiger partial charge is 0.305 e. The van der Waals surface area contributed by atoms with Crippen molar-refractivity contribution >= 4 is 5.97 Å². The molecule has 0 aromatic heterocycles. The third-order valence-electron chi connectivity index (χ3n) is 11.6. The van der Waals surface area contributed by atoms with E-state index < -0.39 is 0 Å². The fourth-order valence-corrected chi connectivity index (χ4v) is 8.05. The second-order valence-corrected chi connectivity index (χ2v) is 16.6. The van der Waals surface area contributed by atoms with Gasteiger partial charge in [0.1, 0.15) is 11.5 Å². The van der Waals surface area contributed by atoms with Crippen LogP contribution in [-0.2, 0) is 9.53 Å². The molecule has 308 valence electrons. The molecule has 0 radical (unpaired) electrons. The number of phenols is 2. The number of unbranched alkanes of at least 4 members (excludes halogenated alkanes) is 26. The Morgan fingerprint density at radius 3 is 1.06 bits per heavy atom. The highest BCUT2D eigenvalue weighted by Crippen LogP contribution is 2.32. The highest BCUT2D eigenvalue weighted by atomic mass is 16.5. The predicted molar refractivity (Wildman–Crippen MR) is 232 cm³/mol. The van der Waals surface area contributed by atoms with Crippen LogP contribution in [0.3, 0.4) is 0 Å². The van der Waals surface area contributed by atoms with Crippen LogP contribution in [-0.4, -0.2) is 22.8 Å². The number of rotatable bonds is 37. The second-order valence-electron chi connectivity index (χ2n) is 16.6. The SMILES string of the molecule is CCCCCCCCCCCCCCCCCCC(CCCCCCCCCCCCCC)COC(=O)CCC(c1ccc(O)cc1)c1ccc(O)cc1. The first-order valence-corrected chi connectivity index (χ1v) is 23.3. The molecular weight excluding hydrogens is 665 g/mol. The number of carbonyl (C=O) groups excluding carboxylic acids is 1. The average Bonchev–Trinajstić information content (AvgIpc) is 3.18. The van der Waals surface area contributed by atoms with Gasteiger partial charge in [0.15, 0.2) is 0 Å². The maximum Gasteiger partial charge on any atom is 0.305 e. The Balaban J connectivity index is 1.70. The van der Waals surface area contributed by atoms with Crippen LogP contribution in [0.25, 0.3) is 0 Å². The van der Waals surface area contributed by atoms with Crippen molar-refractivity contribution in [1.82, 2.24) is 0 Å². The van der Waals surface area contributed by atoms with Gasteiger partial charge in [0.2, 0.25) is 0 Å². The molecule has 1 atom stereocenters. The number of esters is 1. The molecule has 1 unspecified atom stereocenters. The summed E-state index contributed by atoms with van der Waals surface area (Å²) in [4.78, 5) is 13.1. The minimum Gasteiger partial charge on any atom is -0.508 e. The molecule has 0 fully saturated rings. The Labute approximate surface area is 333 Å². The molecule has 2 N–H and O–H groups in total. The minimum atomic E-state index is -0.121. The maximum absolute atomic E-state index is 13.1. The van der Waals surface area contributed by atoms with Gasteiger partial charge < -0.3 is 14.9 Å². The number of carbonyl (C=O) groups is 1. The predicted octanol–water partition coefficient (Wildman–Crippen LogP) is 15.9. The fourth-order valence-electron chi connectivity index (χ4n) is 8.05. The van der Waals surface area contributed by atoms with Crippen molar-refractivity contribution in [2.75, 3.05) is 6.61 Å². The Morgan fingerprint density at radius 1 is 0.444 bits per heavy atom. The monoisotopic (exact) mass is 749 g/mol. The van der Waals surface area contributed by atoms with Gasteiger partial charge in [-0.3, -0.25) is 4.79 Å². The lowest BCUT2D eigenvalue weighted by Gasteiger charge is -2.20. The number of aromatic hydroxyl groups is 2. The largest absolute Gasteiger partial charge is 0.508 e. The molecule has 0 bridgehead atoms. The van der Waals surface area contributed by atoms with Crippen LogP contribution in [0.15, 0.2) is 48.5 Å². The van der Waals surface area contributed by atoms with Crippen LogP contribution in [0.2, 0.25) is 0 Å². The number of benzene rings is 2. The zero-order chi connectivity index (χ0) is 38.7. The molecule has 0 aliphatic carbocycles. The quantitative estimate of drug-likeness (QED) is 0.0533. The number of hydrogen-bond donors (Lipinski definition) is 2. The van der Waals surface area contributed by atoms with E-state index in [9.17, 15) is 15.0 Å². The average molecular weight is 749 g/mol. The Hall–Kier alpha value is -2.49. The van der Waals surface area contributed by atoms with E-state index in [2.05, 4.69) is 13.8 Å². The van der Waals surface area contributed by atoms with E-state index in [0.29, 0.717) is 25.4 Å². The van der Waals surface area contributed by atoms with Gasteiger partial charge in [0, 0.05) is 12.3 Å². The summed E-state index contributed by atoms with van der Waals surface area (Å²) in [6, 6.07) is 14.4. The van der Waals surface area contributed by atoms with Crippen molar-refractivity contribution in [1.29, 1.82) is 0 Å². The molecule has 4 heteroatoms. The maximum atomic E-state index is 13.1. The number of phenolic OH excluding ortho intramolecular Hbond substituents is 2. The van der Waals surface area contributed by atoms with Gasteiger partial charge in [0.25, 0.3) is 0 Å². The van der Waals surface area contributed by atoms with Crippen LogP contribution in [0, 0.1) is 5.92 Å². The number of ether oxygens (including phenoxy) is 1. The third kappa shape index (κ3) is 25.6. The first-order chi connectivity index (χ1) is 26.5. The molecule has 54 heavy (non-hydrogen) atoms. The molecule has 2 aromatic rings. The van der Waals surface area contributed by atoms with Crippen LogP contribution >= 0.6 is 0 Å². The summed E-state index contributed by atoms with van der Waals surface area (Å²) in [7, 11) is 0. The van der Waals surface area contributed by atoms with E-state index in [0.717, 1.165) is 24.0 Å². The molecular formula is C50H84O4. The summed E-state index contributed by atoms with van der Waals surface area (Å²) in [6.07, 6.45) is 41.8. The van der Waals surface area contributed by atoms with Gasteiger partial charge >= 0.3 is 5.97 Å². The van der Waals surface area contributed by atoms with Crippen LogP contribution in [0.1, 0.15) is 236 Å². The lowest BCUT2D eigenvalue weighted by molar-refractivity contribution is -0.145. The molecule has 2 aromatic carbocycles. The lowest BCUT2D eigenvalue weighted by atomic mass is 9.87. The standard InChI is InChI=1S/C50H84O4/c1-3-5-7-9-11-13-15-17-18-19-20-22-24-26-28-30-32-44(31-29-27-25-23-21-16-14-12-10-8-6-4-2)43-54-50(53)42-41-49(45-33-37-47(51)38-34-45)46-35-39-48(52)40-36-46/h33-40,44,49,51-52H,3-32,41-43H2,1-2H3. The summed E-state index contributed by atoms with van der Waals surface area (Å²) >= 11 is 0. The normalized spacial score (nSPS) is 12.1. The van der Waals surface area contributed by atoms with Gasteiger partial charge in [-0.05, 0) is 60.6 Å². The zero-order valence-corrected chi connectivity index (χ0v) is 35.3. The molecule has 0 heterocycles. The van der Waals surface area contributed by atoms with Gasteiger partial charge in [-0.15, -0.1) is 0 Å². The summed E-state index contributed by atoms with van der Waals surface area (Å²) < 4.78 is 5.98. The van der Waals surface area contributed by atoms with Gasteiger partial charge in [0.05, 0.1) is 6.61 Å². The van der Waals surface area contributed by atoms with E-state index in [4.69, 9.17) is 4.74 Å². The first-order valence-electron chi connectivity index (χ1n) is 23.3. The van der Waals surface area contributed by atoms with Crippen molar-refractivity contribution < 1.29 is 19.7 Å². The van der Waals surface area contributed by atoms with Crippen molar-refractivity contribution in [3.05, 3.63) is 59.7 Å². The molecule has 0 amide bonds. The summed E-state index contributed by atoms with van der Waals surface area (Å²) in [5, 5.41) is 19.7. The van der Waals surface area contributed by atoms with Gasteiger partial charge in [-0.25, -0.2) is 0 Å². The van der Waals surface area contributed by atoms with Crippen LogP contribution < -0.4 is 0 Å². The molecule has 0 spiro atoms.